The van der Waals surface area contributed by atoms with Gasteiger partial charge in [-0.25, -0.2) is 9.97 Å². The Hall–Kier alpha value is -2.66. The molecule has 0 bridgehead atoms. The van der Waals surface area contributed by atoms with Gasteiger partial charge in [-0.05, 0) is 30.7 Å². The molecule has 1 atom stereocenters. The van der Waals surface area contributed by atoms with Gasteiger partial charge < -0.3 is 0 Å². The third-order valence-electron chi connectivity index (χ3n) is 3.37. The van der Waals surface area contributed by atoms with E-state index >= 15 is 0 Å². The molecule has 0 saturated heterocycles. The summed E-state index contributed by atoms with van der Waals surface area (Å²) in [6.07, 6.45) is 1.64. The van der Waals surface area contributed by atoms with E-state index in [-0.39, 0.29) is 11.2 Å². The summed E-state index contributed by atoms with van der Waals surface area (Å²) in [5.74, 6) is 0.190. The molecule has 0 aliphatic carbocycles. The van der Waals surface area contributed by atoms with Crippen molar-refractivity contribution in [3.05, 3.63) is 84.2 Å². The van der Waals surface area contributed by atoms with Crippen LogP contribution in [0, 0.1) is 6.92 Å². The van der Waals surface area contributed by atoms with Gasteiger partial charge in [0, 0.05) is 16.8 Å². The van der Waals surface area contributed by atoms with Crippen LogP contribution in [0.15, 0.2) is 77.8 Å². The third kappa shape index (κ3) is 4.20. The Bertz CT molecular complexity index is 809. The van der Waals surface area contributed by atoms with Crippen molar-refractivity contribution in [1.82, 2.24) is 9.97 Å². The number of aromatic nitrogens is 2. The molecular formula is C19H17N3OS. The molecule has 1 N–H and O–H groups in total. The van der Waals surface area contributed by atoms with Gasteiger partial charge in [0.05, 0.1) is 0 Å². The van der Waals surface area contributed by atoms with E-state index in [2.05, 4.69) is 15.3 Å². The number of amides is 1. The monoisotopic (exact) mass is 335 g/mol. The Morgan fingerprint density at radius 1 is 1.00 bits per heavy atom. The number of aryl methyl sites for hydroxylation is 1. The number of anilines is 1. The topological polar surface area (TPSA) is 54.9 Å². The van der Waals surface area contributed by atoms with Crippen molar-refractivity contribution in [2.24, 2.45) is 0 Å². The first-order chi connectivity index (χ1) is 11.7. The van der Waals surface area contributed by atoms with Crippen molar-refractivity contribution in [1.29, 1.82) is 0 Å². The van der Waals surface area contributed by atoms with Crippen molar-refractivity contribution < 1.29 is 4.79 Å². The summed E-state index contributed by atoms with van der Waals surface area (Å²) >= 11 is 1.51. The molecular weight excluding hydrogens is 318 g/mol. The van der Waals surface area contributed by atoms with Crippen molar-refractivity contribution >= 4 is 23.6 Å². The first-order valence-corrected chi connectivity index (χ1v) is 8.47. The van der Waals surface area contributed by atoms with E-state index in [1.807, 2.05) is 67.6 Å². The van der Waals surface area contributed by atoms with Crippen molar-refractivity contribution in [2.75, 3.05) is 5.32 Å². The fourth-order valence-electron chi connectivity index (χ4n) is 2.22. The SMILES string of the molecule is Cc1ccnc(NC(=O)C(Sc2ccccc2)c2ccccc2)n1. The van der Waals surface area contributed by atoms with Crippen LogP contribution < -0.4 is 5.32 Å². The number of rotatable bonds is 5. The zero-order valence-electron chi connectivity index (χ0n) is 13.2. The molecule has 0 aliphatic rings. The van der Waals surface area contributed by atoms with Gasteiger partial charge >= 0.3 is 0 Å². The smallest absolute Gasteiger partial charge is 0.244 e. The second-order valence-electron chi connectivity index (χ2n) is 5.23. The summed E-state index contributed by atoms with van der Waals surface area (Å²) in [6, 6.07) is 21.4. The maximum atomic E-state index is 12.8. The highest BCUT2D eigenvalue weighted by Gasteiger charge is 2.22. The maximum Gasteiger partial charge on any atom is 0.244 e. The molecule has 0 radical (unpaired) electrons. The zero-order valence-corrected chi connectivity index (χ0v) is 14.0. The first kappa shape index (κ1) is 16.2. The Morgan fingerprint density at radius 2 is 1.67 bits per heavy atom. The maximum absolute atomic E-state index is 12.8. The van der Waals surface area contributed by atoms with Gasteiger partial charge in [-0.15, -0.1) is 11.8 Å². The van der Waals surface area contributed by atoms with Gasteiger partial charge in [-0.2, -0.15) is 0 Å². The highest BCUT2D eigenvalue weighted by Crippen LogP contribution is 2.35. The molecule has 0 spiro atoms. The molecule has 4 nitrogen and oxygen atoms in total. The fraction of sp³-hybridized carbons (Fsp3) is 0.105. The highest BCUT2D eigenvalue weighted by molar-refractivity contribution is 8.00. The molecule has 0 fully saturated rings. The molecule has 3 aromatic rings. The lowest BCUT2D eigenvalue weighted by molar-refractivity contribution is -0.115. The average Bonchev–Trinajstić information content (AvgIpc) is 2.61. The van der Waals surface area contributed by atoms with E-state index in [0.717, 1.165) is 16.2 Å². The van der Waals surface area contributed by atoms with E-state index in [4.69, 9.17) is 0 Å². The van der Waals surface area contributed by atoms with E-state index < -0.39 is 0 Å². The fourth-order valence-corrected chi connectivity index (χ4v) is 3.27. The number of hydrogen-bond donors (Lipinski definition) is 1. The van der Waals surface area contributed by atoms with Crippen LogP contribution in [-0.4, -0.2) is 15.9 Å². The van der Waals surface area contributed by atoms with E-state index in [1.54, 1.807) is 12.3 Å². The number of hydrogen-bond acceptors (Lipinski definition) is 4. The number of nitrogens with one attached hydrogen (secondary N) is 1. The summed E-state index contributed by atoms with van der Waals surface area (Å²) in [6.45, 7) is 1.87. The lowest BCUT2D eigenvalue weighted by atomic mass is 10.1. The van der Waals surface area contributed by atoms with Crippen LogP contribution in [0.3, 0.4) is 0 Å². The Balaban J connectivity index is 1.85. The standard InChI is InChI=1S/C19H17N3OS/c1-14-12-13-20-19(21-14)22-18(23)17(15-8-4-2-5-9-15)24-16-10-6-3-7-11-16/h2-13,17H,1H3,(H,20,21,22,23). The minimum absolute atomic E-state index is 0.138. The third-order valence-corrected chi connectivity index (χ3v) is 4.63. The van der Waals surface area contributed by atoms with Crippen molar-refractivity contribution in [2.45, 2.75) is 17.1 Å². The highest BCUT2D eigenvalue weighted by atomic mass is 32.2. The molecule has 120 valence electrons. The quantitative estimate of drug-likeness (QED) is 0.708. The van der Waals surface area contributed by atoms with E-state index in [1.165, 1.54) is 11.8 Å². The molecule has 24 heavy (non-hydrogen) atoms. The minimum atomic E-state index is -0.377. The van der Waals surface area contributed by atoms with E-state index in [0.29, 0.717) is 5.95 Å². The van der Waals surface area contributed by atoms with Crippen LogP contribution in [0.4, 0.5) is 5.95 Å². The van der Waals surface area contributed by atoms with Gasteiger partial charge in [0.15, 0.2) is 0 Å². The lowest BCUT2D eigenvalue weighted by Crippen LogP contribution is -2.20. The molecule has 1 unspecified atom stereocenters. The van der Waals surface area contributed by atoms with Crippen molar-refractivity contribution in [3.63, 3.8) is 0 Å². The number of benzene rings is 2. The molecule has 1 aromatic heterocycles. The predicted octanol–water partition coefficient (Wildman–Crippen LogP) is 4.26. The molecule has 0 aliphatic heterocycles. The van der Waals surface area contributed by atoms with Crippen LogP contribution >= 0.6 is 11.8 Å². The normalized spacial score (nSPS) is 11.7. The number of nitrogens with zero attached hydrogens (tertiary/aromatic N) is 2. The first-order valence-electron chi connectivity index (χ1n) is 7.59. The second kappa shape index (κ2) is 7.75. The van der Waals surface area contributed by atoms with Gasteiger partial charge in [0.1, 0.15) is 5.25 Å². The zero-order chi connectivity index (χ0) is 16.8. The second-order valence-corrected chi connectivity index (χ2v) is 6.41. The Kier molecular flexibility index (Phi) is 5.23. The van der Waals surface area contributed by atoms with Crippen LogP contribution in [0.2, 0.25) is 0 Å². The lowest BCUT2D eigenvalue weighted by Gasteiger charge is -2.16. The summed E-state index contributed by atoms with van der Waals surface area (Å²) in [5, 5.41) is 2.44. The van der Waals surface area contributed by atoms with Gasteiger partial charge in [0.2, 0.25) is 11.9 Å². The molecule has 2 aromatic carbocycles. The van der Waals surface area contributed by atoms with Crippen LogP contribution in [0.1, 0.15) is 16.5 Å². The largest absolute Gasteiger partial charge is 0.293 e. The molecule has 1 heterocycles. The summed E-state index contributed by atoms with van der Waals surface area (Å²) < 4.78 is 0. The van der Waals surface area contributed by atoms with E-state index in [9.17, 15) is 4.79 Å². The van der Waals surface area contributed by atoms with Gasteiger partial charge in [-0.1, -0.05) is 48.5 Å². The summed E-state index contributed by atoms with van der Waals surface area (Å²) in [7, 11) is 0. The van der Waals surface area contributed by atoms with Crippen LogP contribution in [0.5, 0.6) is 0 Å². The number of carbonyl (C=O) groups excluding carboxylic acids is 1. The summed E-state index contributed by atoms with van der Waals surface area (Å²) in [4.78, 5) is 22.2. The van der Waals surface area contributed by atoms with Gasteiger partial charge in [0.25, 0.3) is 0 Å². The Morgan fingerprint density at radius 3 is 2.33 bits per heavy atom. The van der Waals surface area contributed by atoms with Crippen molar-refractivity contribution in [3.8, 4) is 0 Å². The number of carbonyl (C=O) groups is 1. The summed E-state index contributed by atoms with van der Waals surface area (Å²) in [5.41, 5.74) is 1.75. The number of thioether (sulfide) groups is 1. The van der Waals surface area contributed by atoms with Crippen LogP contribution in [-0.2, 0) is 4.79 Å². The minimum Gasteiger partial charge on any atom is -0.293 e. The van der Waals surface area contributed by atoms with Gasteiger partial charge in [-0.3, -0.25) is 10.1 Å². The predicted molar refractivity (Wildman–Crippen MR) is 96.9 cm³/mol. The van der Waals surface area contributed by atoms with Crippen LogP contribution in [0.25, 0.3) is 0 Å². The molecule has 5 heteroatoms. The molecule has 0 saturated carbocycles. The molecule has 1 amide bonds. The molecule has 3 rings (SSSR count). The Labute approximate surface area is 145 Å². The average molecular weight is 335 g/mol.